The first-order valence-corrected chi connectivity index (χ1v) is 6.33. The lowest BCUT2D eigenvalue weighted by Gasteiger charge is -2.15. The zero-order chi connectivity index (χ0) is 14.7. The van der Waals surface area contributed by atoms with Gasteiger partial charge in [0.15, 0.2) is 0 Å². The van der Waals surface area contributed by atoms with Gasteiger partial charge in [-0.15, -0.1) is 0 Å². The average Bonchev–Trinajstić information content (AvgIpc) is 2.43. The molecular formula is C14H17N3O3. The van der Waals surface area contributed by atoms with Crippen molar-refractivity contribution in [2.75, 3.05) is 12.4 Å². The summed E-state index contributed by atoms with van der Waals surface area (Å²) in [6.07, 6.45) is 0.638. The number of rotatable bonds is 3. The molecule has 0 unspecified atom stereocenters. The normalized spacial score (nSPS) is 14.3. The molecule has 1 aromatic carbocycles. The van der Waals surface area contributed by atoms with E-state index in [1.807, 2.05) is 26.0 Å². The zero-order valence-electron chi connectivity index (χ0n) is 11.7. The standard InChI is InChI=1S/C14H17N3O3/c1-8-7-12(20-3)9(2)6-11(8)15-14(19)10-4-5-13(18)17-16-10/h6-7H,4-5H2,1-3H3,(H,15,19)(H,17,18). The Bertz CT molecular complexity index is 594. The van der Waals surface area contributed by atoms with E-state index in [1.165, 1.54) is 0 Å². The third-order valence-electron chi connectivity index (χ3n) is 3.16. The lowest BCUT2D eigenvalue weighted by molar-refractivity contribution is -0.121. The number of amides is 2. The van der Waals surface area contributed by atoms with Crippen molar-refractivity contribution in [2.45, 2.75) is 26.7 Å². The molecule has 0 saturated carbocycles. The quantitative estimate of drug-likeness (QED) is 0.877. The maximum Gasteiger partial charge on any atom is 0.271 e. The summed E-state index contributed by atoms with van der Waals surface area (Å²) < 4.78 is 5.23. The first kappa shape index (κ1) is 14.0. The minimum absolute atomic E-state index is 0.168. The molecule has 0 spiro atoms. The Hall–Kier alpha value is -2.37. The summed E-state index contributed by atoms with van der Waals surface area (Å²) in [7, 11) is 1.61. The van der Waals surface area contributed by atoms with E-state index in [2.05, 4.69) is 15.8 Å². The van der Waals surface area contributed by atoms with Crippen LogP contribution in [0.25, 0.3) is 0 Å². The number of hydrogen-bond donors (Lipinski definition) is 2. The van der Waals surface area contributed by atoms with E-state index in [4.69, 9.17) is 4.74 Å². The van der Waals surface area contributed by atoms with E-state index in [-0.39, 0.29) is 18.2 Å². The summed E-state index contributed by atoms with van der Waals surface area (Å²) in [4.78, 5) is 23.1. The molecule has 0 fully saturated rings. The topological polar surface area (TPSA) is 79.8 Å². The maximum absolute atomic E-state index is 12.1. The van der Waals surface area contributed by atoms with Crippen LogP contribution in [0.15, 0.2) is 17.2 Å². The highest BCUT2D eigenvalue weighted by Crippen LogP contribution is 2.26. The van der Waals surface area contributed by atoms with Crippen molar-refractivity contribution in [3.05, 3.63) is 23.3 Å². The molecule has 2 rings (SSSR count). The highest BCUT2D eigenvalue weighted by Gasteiger charge is 2.19. The first-order chi connectivity index (χ1) is 9.51. The predicted molar refractivity (Wildman–Crippen MR) is 75.9 cm³/mol. The van der Waals surface area contributed by atoms with Gasteiger partial charge in [0, 0.05) is 18.5 Å². The molecule has 1 aliphatic rings. The van der Waals surface area contributed by atoms with Crippen LogP contribution in [0.2, 0.25) is 0 Å². The molecule has 0 aliphatic carbocycles. The number of carbonyl (C=O) groups is 2. The summed E-state index contributed by atoms with van der Waals surface area (Å²) in [5, 5.41) is 6.58. The minimum Gasteiger partial charge on any atom is -0.496 e. The first-order valence-electron chi connectivity index (χ1n) is 6.33. The highest BCUT2D eigenvalue weighted by atomic mass is 16.5. The van der Waals surface area contributed by atoms with Crippen molar-refractivity contribution in [1.82, 2.24) is 5.43 Å². The average molecular weight is 275 g/mol. The van der Waals surface area contributed by atoms with E-state index in [0.29, 0.717) is 17.8 Å². The van der Waals surface area contributed by atoms with E-state index in [9.17, 15) is 9.59 Å². The molecule has 20 heavy (non-hydrogen) atoms. The van der Waals surface area contributed by atoms with E-state index in [0.717, 1.165) is 16.9 Å². The summed E-state index contributed by atoms with van der Waals surface area (Å²) in [5.74, 6) is 0.318. The van der Waals surface area contributed by atoms with Crippen molar-refractivity contribution in [2.24, 2.45) is 5.10 Å². The smallest absolute Gasteiger partial charge is 0.271 e. The van der Waals surface area contributed by atoms with Crippen LogP contribution in [-0.4, -0.2) is 24.6 Å². The Morgan fingerprint density at radius 3 is 2.65 bits per heavy atom. The summed E-state index contributed by atoms with van der Waals surface area (Å²) in [6.45, 7) is 3.80. The second kappa shape index (κ2) is 5.73. The SMILES string of the molecule is COc1cc(C)c(NC(=O)C2=NNC(=O)CC2)cc1C. The van der Waals surface area contributed by atoms with Crippen LogP contribution >= 0.6 is 0 Å². The van der Waals surface area contributed by atoms with Crippen LogP contribution < -0.4 is 15.5 Å². The molecule has 1 aromatic rings. The maximum atomic E-state index is 12.1. The van der Waals surface area contributed by atoms with Gasteiger partial charge in [-0.25, -0.2) is 5.43 Å². The van der Waals surface area contributed by atoms with Crippen molar-refractivity contribution < 1.29 is 14.3 Å². The van der Waals surface area contributed by atoms with Gasteiger partial charge in [0.05, 0.1) is 7.11 Å². The molecule has 0 saturated heterocycles. The lowest BCUT2D eigenvalue weighted by Crippen LogP contribution is -2.32. The van der Waals surface area contributed by atoms with Crippen LogP contribution in [0.3, 0.4) is 0 Å². The van der Waals surface area contributed by atoms with Gasteiger partial charge in [-0.05, 0) is 37.1 Å². The number of hydrazone groups is 1. The highest BCUT2D eigenvalue weighted by molar-refractivity contribution is 6.43. The Morgan fingerprint density at radius 1 is 1.30 bits per heavy atom. The number of carbonyl (C=O) groups excluding carboxylic acids is 2. The molecule has 0 radical (unpaired) electrons. The van der Waals surface area contributed by atoms with E-state index in [1.54, 1.807) is 7.11 Å². The molecule has 1 aliphatic heterocycles. The zero-order valence-corrected chi connectivity index (χ0v) is 11.7. The largest absolute Gasteiger partial charge is 0.496 e. The number of aryl methyl sites for hydroxylation is 2. The van der Waals surface area contributed by atoms with Crippen LogP contribution in [0.1, 0.15) is 24.0 Å². The van der Waals surface area contributed by atoms with Gasteiger partial charge in [0.2, 0.25) is 5.91 Å². The predicted octanol–water partition coefficient (Wildman–Crippen LogP) is 1.52. The number of nitrogens with one attached hydrogen (secondary N) is 2. The number of hydrogen-bond acceptors (Lipinski definition) is 4. The Balaban J connectivity index is 2.16. The third-order valence-corrected chi connectivity index (χ3v) is 3.16. The van der Waals surface area contributed by atoms with Gasteiger partial charge >= 0.3 is 0 Å². The van der Waals surface area contributed by atoms with Crippen molar-refractivity contribution in [3.8, 4) is 5.75 Å². The number of ether oxygens (including phenoxy) is 1. The van der Waals surface area contributed by atoms with Gasteiger partial charge in [-0.1, -0.05) is 0 Å². The molecular weight excluding hydrogens is 258 g/mol. The fourth-order valence-electron chi connectivity index (χ4n) is 1.98. The van der Waals surface area contributed by atoms with Gasteiger partial charge in [-0.3, -0.25) is 9.59 Å². The van der Waals surface area contributed by atoms with Crippen LogP contribution in [0, 0.1) is 13.8 Å². The van der Waals surface area contributed by atoms with Crippen molar-refractivity contribution in [1.29, 1.82) is 0 Å². The Labute approximate surface area is 117 Å². The third kappa shape index (κ3) is 2.96. The fourth-order valence-corrected chi connectivity index (χ4v) is 1.98. The van der Waals surface area contributed by atoms with Gasteiger partial charge in [0.25, 0.3) is 5.91 Å². The molecule has 6 heteroatoms. The molecule has 1 heterocycles. The van der Waals surface area contributed by atoms with Crippen molar-refractivity contribution >= 4 is 23.2 Å². The van der Waals surface area contributed by atoms with Gasteiger partial charge in [-0.2, -0.15) is 5.10 Å². The molecule has 6 nitrogen and oxygen atoms in total. The van der Waals surface area contributed by atoms with E-state index >= 15 is 0 Å². The monoisotopic (exact) mass is 275 g/mol. The van der Waals surface area contributed by atoms with Crippen molar-refractivity contribution in [3.63, 3.8) is 0 Å². The lowest BCUT2D eigenvalue weighted by atomic mass is 10.1. The molecule has 0 atom stereocenters. The second-order valence-electron chi connectivity index (χ2n) is 4.68. The Kier molecular flexibility index (Phi) is 4.02. The summed E-state index contributed by atoms with van der Waals surface area (Å²) in [6, 6.07) is 3.73. The molecule has 0 aromatic heterocycles. The number of nitrogens with zero attached hydrogens (tertiary/aromatic N) is 1. The number of methoxy groups -OCH3 is 1. The van der Waals surface area contributed by atoms with Crippen LogP contribution in [-0.2, 0) is 9.59 Å². The van der Waals surface area contributed by atoms with Gasteiger partial charge in [0.1, 0.15) is 11.5 Å². The summed E-state index contributed by atoms with van der Waals surface area (Å²) >= 11 is 0. The van der Waals surface area contributed by atoms with Crippen LogP contribution in [0.4, 0.5) is 5.69 Å². The molecule has 2 amide bonds. The Morgan fingerprint density at radius 2 is 2.05 bits per heavy atom. The number of anilines is 1. The second-order valence-corrected chi connectivity index (χ2v) is 4.68. The van der Waals surface area contributed by atoms with Gasteiger partial charge < -0.3 is 10.1 Å². The molecule has 0 bridgehead atoms. The number of benzene rings is 1. The van der Waals surface area contributed by atoms with E-state index < -0.39 is 0 Å². The molecule has 2 N–H and O–H groups in total. The fraction of sp³-hybridized carbons (Fsp3) is 0.357. The molecule has 106 valence electrons. The van der Waals surface area contributed by atoms with Crippen LogP contribution in [0.5, 0.6) is 5.75 Å². The minimum atomic E-state index is -0.294. The summed E-state index contributed by atoms with van der Waals surface area (Å²) in [5.41, 5.74) is 5.20.